The Bertz CT molecular complexity index is 112. The molecule has 1 nitrogen and oxygen atoms in total. The zero-order valence-corrected chi connectivity index (χ0v) is 10.5. The van der Waals surface area contributed by atoms with Gasteiger partial charge in [-0.3, -0.25) is 0 Å². The number of unbranched alkanes of at least 4 members (excludes halogenated alkanes) is 4. The fourth-order valence-corrected chi connectivity index (χ4v) is 1.47. The minimum Gasteiger partial charge on any atom is -0.378 e. The van der Waals surface area contributed by atoms with Crippen LogP contribution < -0.4 is 0 Å². The molecule has 1 heteroatoms. The first-order valence-corrected chi connectivity index (χ1v) is 6.33. The first kappa shape index (κ1) is 14.0. The Kier molecular flexibility index (Phi) is 9.49. The van der Waals surface area contributed by atoms with Crippen molar-refractivity contribution in [3.05, 3.63) is 0 Å². The monoisotopic (exact) mass is 200 g/mol. The van der Waals surface area contributed by atoms with Crippen LogP contribution in [-0.4, -0.2) is 12.7 Å². The molecule has 0 spiro atoms. The van der Waals surface area contributed by atoms with Crippen LogP contribution in [0, 0.1) is 5.92 Å². The molecule has 0 aliphatic heterocycles. The van der Waals surface area contributed by atoms with Gasteiger partial charge in [-0.1, -0.05) is 52.9 Å². The smallest absolute Gasteiger partial charge is 0.0572 e. The number of hydrogen-bond acceptors (Lipinski definition) is 1. The van der Waals surface area contributed by atoms with Gasteiger partial charge in [0, 0.05) is 6.61 Å². The fourth-order valence-electron chi connectivity index (χ4n) is 1.47. The number of rotatable bonds is 9. The molecule has 2 atom stereocenters. The van der Waals surface area contributed by atoms with E-state index >= 15 is 0 Å². The summed E-state index contributed by atoms with van der Waals surface area (Å²) in [5, 5.41) is 0. The molecule has 0 N–H and O–H groups in total. The highest BCUT2D eigenvalue weighted by molar-refractivity contribution is 4.58. The van der Waals surface area contributed by atoms with Gasteiger partial charge >= 0.3 is 0 Å². The molecular formula is C13H28O. The van der Waals surface area contributed by atoms with E-state index in [9.17, 15) is 0 Å². The highest BCUT2D eigenvalue weighted by Gasteiger charge is 2.09. The van der Waals surface area contributed by atoms with Gasteiger partial charge in [-0.15, -0.1) is 0 Å². The number of ether oxygens (including phenoxy) is 1. The molecule has 0 saturated carbocycles. The van der Waals surface area contributed by atoms with E-state index in [0.29, 0.717) is 12.0 Å². The van der Waals surface area contributed by atoms with Gasteiger partial charge in [0.2, 0.25) is 0 Å². The first-order chi connectivity index (χ1) is 6.72. The van der Waals surface area contributed by atoms with Crippen molar-refractivity contribution in [3.63, 3.8) is 0 Å². The fraction of sp³-hybridized carbons (Fsp3) is 1.00. The van der Waals surface area contributed by atoms with Crippen molar-refractivity contribution in [3.8, 4) is 0 Å². The van der Waals surface area contributed by atoms with Gasteiger partial charge < -0.3 is 4.74 Å². The number of hydrogen-bond donors (Lipinski definition) is 0. The summed E-state index contributed by atoms with van der Waals surface area (Å²) in [6.07, 6.45) is 8.30. The molecule has 0 aromatic rings. The zero-order chi connectivity index (χ0) is 10.8. The minimum atomic E-state index is 0.436. The van der Waals surface area contributed by atoms with E-state index in [0.717, 1.165) is 6.61 Å². The second kappa shape index (κ2) is 9.51. The van der Waals surface area contributed by atoms with Crippen LogP contribution in [0.15, 0.2) is 0 Å². The van der Waals surface area contributed by atoms with Crippen LogP contribution in [0.4, 0.5) is 0 Å². The topological polar surface area (TPSA) is 9.23 Å². The van der Waals surface area contributed by atoms with E-state index < -0.39 is 0 Å². The second-order valence-electron chi connectivity index (χ2n) is 4.38. The summed E-state index contributed by atoms with van der Waals surface area (Å²) in [5.41, 5.74) is 0. The molecule has 86 valence electrons. The molecular weight excluding hydrogens is 172 g/mol. The normalized spacial score (nSPS) is 15.4. The molecule has 0 aliphatic carbocycles. The Morgan fingerprint density at radius 2 is 1.57 bits per heavy atom. The summed E-state index contributed by atoms with van der Waals surface area (Å²) >= 11 is 0. The lowest BCUT2D eigenvalue weighted by Crippen LogP contribution is -2.17. The van der Waals surface area contributed by atoms with E-state index in [-0.39, 0.29) is 0 Å². The predicted molar refractivity (Wildman–Crippen MR) is 63.6 cm³/mol. The summed E-state index contributed by atoms with van der Waals surface area (Å²) in [7, 11) is 0. The third kappa shape index (κ3) is 7.37. The maximum absolute atomic E-state index is 5.77. The van der Waals surface area contributed by atoms with E-state index in [1.54, 1.807) is 0 Å². The Morgan fingerprint density at radius 1 is 0.929 bits per heavy atom. The third-order valence-electron chi connectivity index (χ3n) is 3.07. The standard InChI is InChI=1S/C13H28O/c1-5-7-8-9-10-11-14-13(4)12(3)6-2/h12-13H,5-11H2,1-4H3. The average Bonchev–Trinajstić information content (AvgIpc) is 2.21. The Balaban J connectivity index is 3.18. The largest absolute Gasteiger partial charge is 0.378 e. The molecule has 0 amide bonds. The maximum atomic E-state index is 5.77. The molecule has 2 unspecified atom stereocenters. The zero-order valence-electron chi connectivity index (χ0n) is 10.5. The maximum Gasteiger partial charge on any atom is 0.0572 e. The molecule has 0 heterocycles. The lowest BCUT2D eigenvalue weighted by atomic mass is 10.0. The molecule has 0 bridgehead atoms. The van der Waals surface area contributed by atoms with Gasteiger partial charge in [-0.25, -0.2) is 0 Å². The van der Waals surface area contributed by atoms with Gasteiger partial charge in [0.25, 0.3) is 0 Å². The van der Waals surface area contributed by atoms with Crippen LogP contribution in [0.1, 0.15) is 66.2 Å². The lowest BCUT2D eigenvalue weighted by Gasteiger charge is -2.18. The summed E-state index contributed by atoms with van der Waals surface area (Å²) in [6.45, 7) is 9.89. The Labute approximate surface area is 90.2 Å². The third-order valence-corrected chi connectivity index (χ3v) is 3.07. The van der Waals surface area contributed by atoms with Crippen LogP contribution >= 0.6 is 0 Å². The first-order valence-electron chi connectivity index (χ1n) is 6.33. The summed E-state index contributed by atoms with van der Waals surface area (Å²) in [6, 6.07) is 0. The van der Waals surface area contributed by atoms with Crippen molar-refractivity contribution in [2.45, 2.75) is 72.3 Å². The summed E-state index contributed by atoms with van der Waals surface area (Å²) in [4.78, 5) is 0. The quantitative estimate of drug-likeness (QED) is 0.501. The molecule has 14 heavy (non-hydrogen) atoms. The average molecular weight is 200 g/mol. The Hall–Kier alpha value is -0.0400. The molecule has 0 rings (SSSR count). The molecule has 0 fully saturated rings. The van der Waals surface area contributed by atoms with Crippen LogP contribution in [0.25, 0.3) is 0 Å². The molecule has 0 aromatic heterocycles. The van der Waals surface area contributed by atoms with Gasteiger partial charge in [-0.05, 0) is 19.3 Å². The van der Waals surface area contributed by atoms with E-state index in [4.69, 9.17) is 4.74 Å². The second-order valence-corrected chi connectivity index (χ2v) is 4.38. The lowest BCUT2D eigenvalue weighted by molar-refractivity contribution is 0.0269. The van der Waals surface area contributed by atoms with Gasteiger partial charge in [-0.2, -0.15) is 0 Å². The molecule has 0 saturated heterocycles. The summed E-state index contributed by atoms with van der Waals surface area (Å²) in [5.74, 6) is 0.700. The Morgan fingerprint density at radius 3 is 2.14 bits per heavy atom. The van der Waals surface area contributed by atoms with E-state index in [2.05, 4.69) is 27.7 Å². The van der Waals surface area contributed by atoms with Crippen LogP contribution in [-0.2, 0) is 4.74 Å². The van der Waals surface area contributed by atoms with Crippen molar-refractivity contribution in [2.24, 2.45) is 5.92 Å². The van der Waals surface area contributed by atoms with Crippen molar-refractivity contribution in [2.75, 3.05) is 6.61 Å². The molecule has 0 radical (unpaired) electrons. The van der Waals surface area contributed by atoms with E-state index in [1.807, 2.05) is 0 Å². The van der Waals surface area contributed by atoms with Crippen molar-refractivity contribution >= 4 is 0 Å². The van der Waals surface area contributed by atoms with Gasteiger partial charge in [0.1, 0.15) is 0 Å². The highest BCUT2D eigenvalue weighted by atomic mass is 16.5. The highest BCUT2D eigenvalue weighted by Crippen LogP contribution is 2.11. The van der Waals surface area contributed by atoms with Crippen LogP contribution in [0.3, 0.4) is 0 Å². The molecule has 0 aromatic carbocycles. The van der Waals surface area contributed by atoms with Crippen LogP contribution in [0.5, 0.6) is 0 Å². The van der Waals surface area contributed by atoms with Crippen molar-refractivity contribution in [1.29, 1.82) is 0 Å². The summed E-state index contributed by atoms with van der Waals surface area (Å²) < 4.78 is 5.77. The predicted octanol–water partition coefficient (Wildman–Crippen LogP) is 4.41. The van der Waals surface area contributed by atoms with Crippen LogP contribution in [0.2, 0.25) is 0 Å². The van der Waals surface area contributed by atoms with Gasteiger partial charge in [0.15, 0.2) is 0 Å². The van der Waals surface area contributed by atoms with Gasteiger partial charge in [0.05, 0.1) is 6.10 Å². The minimum absolute atomic E-state index is 0.436. The molecule has 0 aliphatic rings. The van der Waals surface area contributed by atoms with E-state index in [1.165, 1.54) is 38.5 Å². The van der Waals surface area contributed by atoms with Crippen molar-refractivity contribution < 1.29 is 4.74 Å². The SMILES string of the molecule is CCCCCCCOC(C)C(C)CC. The van der Waals surface area contributed by atoms with Crippen molar-refractivity contribution in [1.82, 2.24) is 0 Å².